The fraction of sp³-hybridized carbons (Fsp3) is 0.429. The van der Waals surface area contributed by atoms with Crippen LogP contribution in [0.2, 0.25) is 0 Å². The van der Waals surface area contributed by atoms with E-state index < -0.39 is 17.7 Å². The average molecular weight is 494 g/mol. The Morgan fingerprint density at radius 3 is 2.47 bits per heavy atom. The molecule has 2 aliphatic rings. The number of rotatable bonds is 9. The molecule has 0 aliphatic carbocycles. The third-order valence-corrected chi connectivity index (χ3v) is 6.61. The van der Waals surface area contributed by atoms with Gasteiger partial charge >= 0.3 is 0 Å². The van der Waals surface area contributed by atoms with E-state index in [-0.39, 0.29) is 11.3 Å². The summed E-state index contributed by atoms with van der Waals surface area (Å²) in [5.41, 5.74) is 2.34. The topological polar surface area (TPSA) is 82.5 Å². The molecule has 2 aromatic carbocycles. The molecule has 0 aromatic heterocycles. The van der Waals surface area contributed by atoms with E-state index in [2.05, 4.69) is 4.90 Å². The van der Waals surface area contributed by atoms with Gasteiger partial charge in [-0.05, 0) is 36.2 Å². The minimum Gasteiger partial charge on any atom is -0.507 e. The Morgan fingerprint density at radius 2 is 1.81 bits per heavy atom. The number of ketones is 1. The molecule has 1 atom stereocenters. The lowest BCUT2D eigenvalue weighted by molar-refractivity contribution is -0.140. The lowest BCUT2D eigenvalue weighted by Crippen LogP contribution is -2.42. The lowest BCUT2D eigenvalue weighted by atomic mass is 9.95. The van der Waals surface area contributed by atoms with Crippen molar-refractivity contribution in [2.24, 2.45) is 0 Å². The summed E-state index contributed by atoms with van der Waals surface area (Å²) >= 11 is 0. The van der Waals surface area contributed by atoms with Crippen LogP contribution in [0.15, 0.2) is 54.1 Å². The standard InChI is InChI=1S/C28H35N3O5/c1-4-16-36-23-7-5-6-21(19-23)26(32)24-25(20-8-10-22(11-9-20)29(2)3)31(28(34)27(24)33)13-12-30-14-17-35-18-15-30/h5-11,19,25,32H,4,12-18H2,1-3H3/b26-24+. The van der Waals surface area contributed by atoms with Crippen molar-refractivity contribution < 1.29 is 24.2 Å². The first-order valence-corrected chi connectivity index (χ1v) is 12.5. The SMILES string of the molecule is CCCOc1cccc(/C(O)=C2\C(=O)C(=O)N(CCN3CCOCC3)C2c2ccc(N(C)C)cc2)c1. The summed E-state index contributed by atoms with van der Waals surface area (Å²) in [6, 6.07) is 14.1. The zero-order chi connectivity index (χ0) is 25.7. The summed E-state index contributed by atoms with van der Waals surface area (Å²) in [6.45, 7) is 6.46. The number of likely N-dealkylation sites (tertiary alicyclic amines) is 1. The maximum atomic E-state index is 13.3. The predicted octanol–water partition coefficient (Wildman–Crippen LogP) is 3.30. The van der Waals surface area contributed by atoms with E-state index in [4.69, 9.17) is 9.47 Å². The van der Waals surface area contributed by atoms with Crippen molar-refractivity contribution in [2.45, 2.75) is 19.4 Å². The van der Waals surface area contributed by atoms with Crippen LogP contribution in [0.1, 0.15) is 30.5 Å². The van der Waals surface area contributed by atoms with Crippen LogP contribution in [0, 0.1) is 0 Å². The number of hydrogen-bond donors (Lipinski definition) is 1. The second kappa shape index (κ2) is 11.6. The molecular formula is C28H35N3O5. The van der Waals surface area contributed by atoms with Crippen LogP contribution in [-0.4, -0.2) is 86.7 Å². The molecule has 0 radical (unpaired) electrons. The van der Waals surface area contributed by atoms with E-state index >= 15 is 0 Å². The Hall–Kier alpha value is -3.36. The van der Waals surface area contributed by atoms with Crippen LogP contribution in [0.5, 0.6) is 5.75 Å². The van der Waals surface area contributed by atoms with Crippen molar-refractivity contribution >= 4 is 23.1 Å². The van der Waals surface area contributed by atoms with E-state index in [1.54, 1.807) is 23.1 Å². The molecule has 2 fully saturated rings. The molecule has 0 spiro atoms. The third kappa shape index (κ3) is 5.55. The number of carbonyl (C=O) groups excluding carboxylic acids is 2. The second-order valence-corrected chi connectivity index (χ2v) is 9.31. The number of benzene rings is 2. The number of carbonyl (C=O) groups is 2. The Bertz CT molecular complexity index is 1110. The minimum atomic E-state index is -0.678. The fourth-order valence-electron chi connectivity index (χ4n) is 4.59. The van der Waals surface area contributed by atoms with Crippen LogP contribution in [0.25, 0.3) is 5.76 Å². The molecule has 1 unspecified atom stereocenters. The summed E-state index contributed by atoms with van der Waals surface area (Å²) in [6.07, 6.45) is 0.855. The van der Waals surface area contributed by atoms with E-state index in [1.807, 2.05) is 56.3 Å². The highest BCUT2D eigenvalue weighted by Crippen LogP contribution is 2.40. The normalized spacial score (nSPS) is 20.1. The first-order valence-electron chi connectivity index (χ1n) is 12.5. The largest absolute Gasteiger partial charge is 0.507 e. The van der Waals surface area contributed by atoms with Crippen LogP contribution < -0.4 is 9.64 Å². The molecule has 2 saturated heterocycles. The van der Waals surface area contributed by atoms with Gasteiger partial charge in [-0.15, -0.1) is 0 Å². The Kier molecular flexibility index (Phi) is 8.28. The van der Waals surface area contributed by atoms with Crippen molar-refractivity contribution in [1.82, 2.24) is 9.80 Å². The molecule has 1 amide bonds. The number of nitrogens with zero attached hydrogens (tertiary/aromatic N) is 3. The number of amides is 1. The predicted molar refractivity (Wildman–Crippen MR) is 139 cm³/mol. The lowest BCUT2D eigenvalue weighted by Gasteiger charge is -2.31. The molecule has 2 aromatic rings. The van der Waals surface area contributed by atoms with Crippen LogP contribution in [-0.2, 0) is 14.3 Å². The number of aliphatic hydroxyl groups is 1. The molecule has 192 valence electrons. The average Bonchev–Trinajstić information content (AvgIpc) is 3.16. The van der Waals surface area contributed by atoms with Gasteiger partial charge in [0, 0.05) is 51.5 Å². The molecule has 0 bridgehead atoms. The number of aliphatic hydroxyl groups excluding tert-OH is 1. The van der Waals surface area contributed by atoms with Gasteiger partial charge in [0.2, 0.25) is 0 Å². The highest BCUT2D eigenvalue weighted by molar-refractivity contribution is 6.46. The first-order chi connectivity index (χ1) is 17.4. The monoisotopic (exact) mass is 493 g/mol. The number of hydrogen-bond acceptors (Lipinski definition) is 7. The summed E-state index contributed by atoms with van der Waals surface area (Å²) < 4.78 is 11.1. The number of anilines is 1. The van der Waals surface area contributed by atoms with Crippen molar-refractivity contribution in [2.75, 3.05) is 65.0 Å². The maximum Gasteiger partial charge on any atom is 0.295 e. The van der Waals surface area contributed by atoms with Crippen molar-refractivity contribution in [3.05, 3.63) is 65.2 Å². The van der Waals surface area contributed by atoms with Crippen molar-refractivity contribution in [3.63, 3.8) is 0 Å². The van der Waals surface area contributed by atoms with E-state index in [0.717, 1.165) is 30.8 Å². The zero-order valence-electron chi connectivity index (χ0n) is 21.3. The van der Waals surface area contributed by atoms with Crippen LogP contribution in [0.3, 0.4) is 0 Å². The Morgan fingerprint density at radius 1 is 1.08 bits per heavy atom. The van der Waals surface area contributed by atoms with Gasteiger partial charge in [0.1, 0.15) is 11.5 Å². The van der Waals surface area contributed by atoms with Gasteiger partial charge in [0.15, 0.2) is 0 Å². The molecule has 2 heterocycles. The second-order valence-electron chi connectivity index (χ2n) is 9.31. The molecule has 1 N–H and O–H groups in total. The molecular weight excluding hydrogens is 458 g/mol. The van der Waals surface area contributed by atoms with Gasteiger partial charge in [0.05, 0.1) is 31.4 Å². The minimum absolute atomic E-state index is 0.104. The van der Waals surface area contributed by atoms with Crippen LogP contribution >= 0.6 is 0 Å². The van der Waals surface area contributed by atoms with E-state index in [1.165, 1.54) is 0 Å². The molecule has 2 aliphatic heterocycles. The third-order valence-electron chi connectivity index (χ3n) is 6.61. The molecule has 36 heavy (non-hydrogen) atoms. The van der Waals surface area contributed by atoms with Gasteiger partial charge in [0.25, 0.3) is 11.7 Å². The molecule has 0 saturated carbocycles. The van der Waals surface area contributed by atoms with Gasteiger partial charge in [-0.2, -0.15) is 0 Å². The van der Waals surface area contributed by atoms with Crippen molar-refractivity contribution in [1.29, 1.82) is 0 Å². The zero-order valence-corrected chi connectivity index (χ0v) is 21.3. The van der Waals surface area contributed by atoms with Crippen molar-refractivity contribution in [3.8, 4) is 5.75 Å². The van der Waals surface area contributed by atoms with E-state index in [0.29, 0.717) is 44.2 Å². The number of ether oxygens (including phenoxy) is 2. The smallest absolute Gasteiger partial charge is 0.295 e. The van der Waals surface area contributed by atoms with Gasteiger partial charge < -0.3 is 24.4 Å². The maximum absolute atomic E-state index is 13.3. The summed E-state index contributed by atoms with van der Waals surface area (Å²) in [4.78, 5) is 32.4. The first kappa shape index (κ1) is 25.7. The fourth-order valence-corrected chi connectivity index (χ4v) is 4.59. The number of morpholine rings is 1. The quantitative estimate of drug-likeness (QED) is 0.326. The summed E-state index contributed by atoms with van der Waals surface area (Å²) in [5.74, 6) is -0.846. The van der Waals surface area contributed by atoms with E-state index in [9.17, 15) is 14.7 Å². The molecule has 8 nitrogen and oxygen atoms in total. The molecule has 8 heteroatoms. The van der Waals surface area contributed by atoms with Gasteiger partial charge in [-0.3, -0.25) is 14.5 Å². The summed E-state index contributed by atoms with van der Waals surface area (Å²) in [5, 5.41) is 11.4. The van der Waals surface area contributed by atoms with Gasteiger partial charge in [-0.1, -0.05) is 31.2 Å². The number of Topliss-reactive ketones (excluding diaryl/α,β-unsaturated/α-hetero) is 1. The summed E-state index contributed by atoms with van der Waals surface area (Å²) in [7, 11) is 3.91. The highest BCUT2D eigenvalue weighted by atomic mass is 16.5. The highest BCUT2D eigenvalue weighted by Gasteiger charge is 2.46. The van der Waals surface area contributed by atoms with Crippen LogP contribution in [0.4, 0.5) is 5.69 Å². The Balaban J connectivity index is 1.72. The Labute approximate surface area is 212 Å². The molecule has 4 rings (SSSR count). The van der Waals surface area contributed by atoms with Gasteiger partial charge in [-0.25, -0.2) is 0 Å².